The Morgan fingerprint density at radius 1 is 1.03 bits per heavy atom. The molecule has 148 valence electrons. The van der Waals surface area contributed by atoms with Gasteiger partial charge in [-0.25, -0.2) is 19.3 Å². The molecule has 0 spiro atoms. The Hall–Kier alpha value is -3.87. The lowest BCUT2D eigenvalue weighted by atomic mass is 10.1. The first-order valence-corrected chi connectivity index (χ1v) is 10.1. The topological polar surface area (TPSA) is 69.7 Å². The molecule has 2 aromatic carbocycles. The largest absolute Gasteiger partial charge is 0.353 e. The number of nitrogens with zero attached hydrogens (tertiary/aromatic N) is 5. The summed E-state index contributed by atoms with van der Waals surface area (Å²) in [7, 11) is 0. The fourth-order valence-electron chi connectivity index (χ4n) is 4.50. The minimum absolute atomic E-state index is 0.0654. The first-order valence-electron chi connectivity index (χ1n) is 10.1. The van der Waals surface area contributed by atoms with Crippen LogP contribution in [0.4, 0.5) is 5.95 Å². The summed E-state index contributed by atoms with van der Waals surface area (Å²) in [6.45, 7) is 3.38. The predicted molar refractivity (Wildman–Crippen MR) is 117 cm³/mol. The van der Waals surface area contributed by atoms with Crippen molar-refractivity contribution in [3.05, 3.63) is 82.9 Å². The fourth-order valence-corrected chi connectivity index (χ4v) is 4.50. The second-order valence-electron chi connectivity index (χ2n) is 7.49. The number of imidazole rings is 2. The Kier molecular flexibility index (Phi) is 3.59. The third kappa shape index (κ3) is 2.29. The van der Waals surface area contributed by atoms with Crippen LogP contribution >= 0.6 is 0 Å². The van der Waals surface area contributed by atoms with Crippen LogP contribution in [0.2, 0.25) is 0 Å². The summed E-state index contributed by atoms with van der Waals surface area (Å²) >= 11 is 0. The second kappa shape index (κ2) is 6.32. The first kappa shape index (κ1) is 17.0. The molecule has 0 bridgehead atoms. The quantitative estimate of drug-likeness (QED) is 0.506. The Morgan fingerprint density at radius 2 is 1.83 bits per heavy atom. The zero-order chi connectivity index (χ0) is 20.2. The number of rotatable bonds is 3. The molecule has 4 heterocycles. The molecule has 30 heavy (non-hydrogen) atoms. The maximum Gasteiger partial charge on any atom is 0.334 e. The van der Waals surface area contributed by atoms with Gasteiger partial charge >= 0.3 is 5.69 Å². The van der Waals surface area contributed by atoms with E-state index >= 15 is 0 Å². The van der Waals surface area contributed by atoms with Crippen molar-refractivity contribution in [2.24, 2.45) is 0 Å². The van der Waals surface area contributed by atoms with Gasteiger partial charge in [0.15, 0.2) is 5.65 Å². The normalized spacial score (nSPS) is 15.6. The molecule has 0 fully saturated rings. The highest BCUT2D eigenvalue weighted by Gasteiger charge is 2.26. The lowest BCUT2D eigenvalue weighted by Gasteiger charge is -2.14. The number of nitrogens with one attached hydrogen (secondary N) is 1. The molecule has 1 unspecified atom stereocenters. The number of fused-ring (bicyclic) bond motifs is 4. The van der Waals surface area contributed by atoms with E-state index in [9.17, 15) is 4.79 Å². The van der Waals surface area contributed by atoms with Crippen molar-refractivity contribution in [1.29, 1.82) is 0 Å². The van der Waals surface area contributed by atoms with Crippen LogP contribution in [0, 0.1) is 0 Å². The van der Waals surface area contributed by atoms with E-state index in [4.69, 9.17) is 0 Å². The van der Waals surface area contributed by atoms with E-state index in [0.717, 1.165) is 34.7 Å². The van der Waals surface area contributed by atoms with Crippen molar-refractivity contribution in [1.82, 2.24) is 23.7 Å². The van der Waals surface area contributed by atoms with Gasteiger partial charge in [-0.05, 0) is 48.9 Å². The van der Waals surface area contributed by atoms with Gasteiger partial charge in [0, 0.05) is 19.3 Å². The molecule has 6 rings (SSSR count). The number of pyridine rings is 1. The number of aromatic nitrogens is 5. The number of benzene rings is 2. The summed E-state index contributed by atoms with van der Waals surface area (Å²) in [6, 6.07) is 20.3. The van der Waals surface area contributed by atoms with Crippen molar-refractivity contribution >= 4 is 28.1 Å². The lowest BCUT2D eigenvalue weighted by Crippen LogP contribution is -2.22. The highest BCUT2D eigenvalue weighted by Crippen LogP contribution is 2.33. The first-order chi connectivity index (χ1) is 14.8. The average Bonchev–Trinajstić information content (AvgIpc) is 3.43. The van der Waals surface area contributed by atoms with Crippen LogP contribution in [0.5, 0.6) is 0 Å². The number of hydrogen-bond acceptors (Lipinski definition) is 4. The summed E-state index contributed by atoms with van der Waals surface area (Å²) in [5.41, 5.74) is 5.58. The molecule has 3 aromatic heterocycles. The monoisotopic (exact) mass is 396 g/mol. The van der Waals surface area contributed by atoms with Crippen molar-refractivity contribution in [3.8, 4) is 5.69 Å². The Morgan fingerprint density at radius 3 is 2.67 bits per heavy atom. The second-order valence-corrected chi connectivity index (χ2v) is 7.49. The molecule has 0 saturated carbocycles. The molecule has 1 aliphatic heterocycles. The molecule has 7 heteroatoms. The zero-order valence-corrected chi connectivity index (χ0v) is 16.5. The van der Waals surface area contributed by atoms with Gasteiger partial charge in [-0.2, -0.15) is 0 Å². The molecule has 0 aliphatic carbocycles. The van der Waals surface area contributed by atoms with E-state index in [-0.39, 0.29) is 11.7 Å². The number of para-hydroxylation sites is 2. The highest BCUT2D eigenvalue weighted by atomic mass is 16.1. The van der Waals surface area contributed by atoms with Crippen LogP contribution in [0.1, 0.15) is 18.5 Å². The Bertz CT molecular complexity index is 1460. The highest BCUT2D eigenvalue weighted by molar-refractivity contribution is 5.80. The van der Waals surface area contributed by atoms with E-state index < -0.39 is 0 Å². The van der Waals surface area contributed by atoms with Crippen molar-refractivity contribution < 1.29 is 0 Å². The minimum Gasteiger partial charge on any atom is -0.353 e. The van der Waals surface area contributed by atoms with Crippen LogP contribution in [0.25, 0.3) is 27.9 Å². The molecule has 1 aliphatic rings. The Balaban J connectivity index is 1.45. The van der Waals surface area contributed by atoms with Crippen LogP contribution in [0.15, 0.2) is 71.7 Å². The van der Waals surface area contributed by atoms with Gasteiger partial charge in [-0.1, -0.05) is 24.3 Å². The standard InChI is InChI=1S/C23H20N6O/c1-2-27-19-8-5-13-24-21(19)28(23(27)30)16-11-9-15(10-12-16)20-14-25-22-26-17-6-3-4-7-18(17)29(20)22/h3-13,20H,2,14H2,1H3,(H,25,26). The van der Waals surface area contributed by atoms with E-state index in [1.807, 2.05) is 49.4 Å². The van der Waals surface area contributed by atoms with Crippen LogP contribution in [0.3, 0.4) is 0 Å². The molecule has 1 atom stereocenters. The molecular formula is C23H20N6O. The summed E-state index contributed by atoms with van der Waals surface area (Å²) in [6.07, 6.45) is 1.72. The third-order valence-electron chi connectivity index (χ3n) is 5.90. The lowest BCUT2D eigenvalue weighted by molar-refractivity contribution is 0.692. The van der Waals surface area contributed by atoms with E-state index in [2.05, 4.69) is 38.1 Å². The smallest absolute Gasteiger partial charge is 0.334 e. The van der Waals surface area contributed by atoms with Gasteiger partial charge in [0.1, 0.15) is 0 Å². The van der Waals surface area contributed by atoms with Gasteiger partial charge < -0.3 is 9.88 Å². The third-order valence-corrected chi connectivity index (χ3v) is 5.90. The number of aryl methyl sites for hydroxylation is 1. The van der Waals surface area contributed by atoms with Gasteiger partial charge in [-0.3, -0.25) is 4.57 Å². The molecule has 0 radical (unpaired) electrons. The molecule has 7 nitrogen and oxygen atoms in total. The van der Waals surface area contributed by atoms with Crippen LogP contribution < -0.4 is 11.0 Å². The zero-order valence-electron chi connectivity index (χ0n) is 16.5. The van der Waals surface area contributed by atoms with Crippen LogP contribution in [-0.4, -0.2) is 30.2 Å². The van der Waals surface area contributed by atoms with Crippen LogP contribution in [-0.2, 0) is 6.54 Å². The van der Waals surface area contributed by atoms with Gasteiger partial charge in [0.05, 0.1) is 28.3 Å². The maximum atomic E-state index is 13.0. The molecule has 0 saturated heterocycles. The summed E-state index contributed by atoms with van der Waals surface area (Å²) < 4.78 is 5.69. The molecule has 5 aromatic rings. The maximum absolute atomic E-state index is 13.0. The molecule has 0 amide bonds. The van der Waals surface area contributed by atoms with Gasteiger partial charge in [0.2, 0.25) is 5.95 Å². The van der Waals surface area contributed by atoms with E-state index in [0.29, 0.717) is 12.2 Å². The van der Waals surface area contributed by atoms with Gasteiger partial charge in [-0.15, -0.1) is 0 Å². The van der Waals surface area contributed by atoms with Crippen molar-refractivity contribution in [2.45, 2.75) is 19.5 Å². The average molecular weight is 396 g/mol. The van der Waals surface area contributed by atoms with E-state index in [1.54, 1.807) is 15.3 Å². The fraction of sp³-hybridized carbons (Fsp3) is 0.174. The Labute approximate surface area is 172 Å². The summed E-state index contributed by atoms with van der Waals surface area (Å²) in [4.78, 5) is 22.2. The number of anilines is 1. The van der Waals surface area contributed by atoms with E-state index in [1.165, 1.54) is 5.56 Å². The van der Waals surface area contributed by atoms with Crippen molar-refractivity contribution in [3.63, 3.8) is 0 Å². The predicted octanol–water partition coefficient (Wildman–Crippen LogP) is 3.57. The summed E-state index contributed by atoms with van der Waals surface area (Å²) in [5, 5.41) is 3.41. The van der Waals surface area contributed by atoms with Gasteiger partial charge in [0.25, 0.3) is 0 Å². The number of hydrogen-bond donors (Lipinski definition) is 1. The summed E-state index contributed by atoms with van der Waals surface area (Å²) in [5.74, 6) is 0.900. The SMILES string of the molecule is CCn1c(=O)n(-c2ccc(C3CNc4nc5ccccc5n43)cc2)c2ncccc21. The minimum atomic E-state index is -0.0654. The van der Waals surface area contributed by atoms with Crippen molar-refractivity contribution in [2.75, 3.05) is 11.9 Å². The molecule has 1 N–H and O–H groups in total. The molecular weight excluding hydrogens is 376 g/mol.